The van der Waals surface area contributed by atoms with Crippen molar-refractivity contribution in [2.24, 2.45) is 0 Å². The van der Waals surface area contributed by atoms with Crippen LogP contribution in [0.15, 0.2) is 18.2 Å². The molecule has 0 amide bonds. The summed E-state index contributed by atoms with van der Waals surface area (Å²) in [5, 5.41) is 8.59. The minimum Gasteiger partial charge on any atom is -0.481 e. The molecule has 0 unspecified atom stereocenters. The SMILES string of the molecule is COC(=O)Cc1ccc(CCC(=O)O)cc1C. The maximum absolute atomic E-state index is 11.1. The molecular weight excluding hydrogens is 220 g/mol. The van der Waals surface area contributed by atoms with Gasteiger partial charge in [0.1, 0.15) is 0 Å². The summed E-state index contributed by atoms with van der Waals surface area (Å²) in [6, 6.07) is 5.62. The average Bonchev–Trinajstić information content (AvgIpc) is 2.29. The molecule has 0 atom stereocenters. The number of esters is 1. The van der Waals surface area contributed by atoms with Crippen LogP contribution in [-0.2, 0) is 27.2 Å². The fourth-order valence-corrected chi connectivity index (χ4v) is 1.59. The summed E-state index contributed by atoms with van der Waals surface area (Å²) in [4.78, 5) is 21.6. The van der Waals surface area contributed by atoms with Gasteiger partial charge in [-0.25, -0.2) is 0 Å². The predicted molar refractivity (Wildman–Crippen MR) is 62.9 cm³/mol. The van der Waals surface area contributed by atoms with Gasteiger partial charge in [-0.05, 0) is 30.0 Å². The predicted octanol–water partition coefficient (Wildman–Crippen LogP) is 1.73. The Hall–Kier alpha value is -1.84. The highest BCUT2D eigenvalue weighted by molar-refractivity contribution is 5.73. The molecule has 0 saturated heterocycles. The van der Waals surface area contributed by atoms with Crippen molar-refractivity contribution in [2.75, 3.05) is 7.11 Å². The average molecular weight is 236 g/mol. The lowest BCUT2D eigenvalue weighted by molar-refractivity contribution is -0.140. The van der Waals surface area contributed by atoms with Gasteiger partial charge in [0.25, 0.3) is 0 Å². The lowest BCUT2D eigenvalue weighted by Crippen LogP contribution is -2.06. The Morgan fingerprint density at radius 3 is 2.59 bits per heavy atom. The number of hydrogen-bond donors (Lipinski definition) is 1. The molecule has 1 N–H and O–H groups in total. The maximum atomic E-state index is 11.1. The third kappa shape index (κ3) is 4.26. The standard InChI is InChI=1S/C13H16O4/c1-9-7-10(4-6-12(14)15)3-5-11(9)8-13(16)17-2/h3,5,7H,4,6,8H2,1-2H3,(H,14,15). The van der Waals surface area contributed by atoms with Gasteiger partial charge in [-0.1, -0.05) is 18.2 Å². The molecule has 0 spiro atoms. The second kappa shape index (κ2) is 6.03. The number of methoxy groups -OCH3 is 1. The smallest absolute Gasteiger partial charge is 0.309 e. The number of hydrogen-bond acceptors (Lipinski definition) is 3. The van der Waals surface area contributed by atoms with E-state index in [9.17, 15) is 9.59 Å². The second-order valence-electron chi connectivity index (χ2n) is 3.91. The van der Waals surface area contributed by atoms with Crippen molar-refractivity contribution >= 4 is 11.9 Å². The van der Waals surface area contributed by atoms with Gasteiger partial charge in [0.2, 0.25) is 0 Å². The molecule has 0 fully saturated rings. The van der Waals surface area contributed by atoms with Crippen LogP contribution in [0.25, 0.3) is 0 Å². The molecular formula is C13H16O4. The molecule has 0 saturated carbocycles. The van der Waals surface area contributed by atoms with Gasteiger partial charge in [0.05, 0.1) is 13.5 Å². The van der Waals surface area contributed by atoms with Gasteiger partial charge in [0.15, 0.2) is 0 Å². The number of carboxylic acids is 1. The van der Waals surface area contributed by atoms with E-state index in [1.807, 2.05) is 25.1 Å². The van der Waals surface area contributed by atoms with Gasteiger partial charge in [-0.2, -0.15) is 0 Å². The molecule has 17 heavy (non-hydrogen) atoms. The minimum absolute atomic E-state index is 0.121. The zero-order chi connectivity index (χ0) is 12.8. The van der Waals surface area contributed by atoms with Crippen molar-refractivity contribution in [3.05, 3.63) is 34.9 Å². The second-order valence-corrected chi connectivity index (χ2v) is 3.91. The highest BCUT2D eigenvalue weighted by atomic mass is 16.5. The Morgan fingerprint density at radius 2 is 2.06 bits per heavy atom. The fourth-order valence-electron chi connectivity index (χ4n) is 1.59. The van der Waals surface area contributed by atoms with Crippen LogP contribution < -0.4 is 0 Å². The van der Waals surface area contributed by atoms with Crippen molar-refractivity contribution < 1.29 is 19.4 Å². The molecule has 0 aliphatic heterocycles. The number of ether oxygens (including phenoxy) is 1. The number of benzene rings is 1. The molecule has 0 heterocycles. The molecule has 1 aromatic rings. The molecule has 0 bridgehead atoms. The van der Waals surface area contributed by atoms with Gasteiger partial charge in [0, 0.05) is 6.42 Å². The normalized spacial score (nSPS) is 10.0. The Bertz CT molecular complexity index is 423. The molecule has 1 aromatic carbocycles. The summed E-state index contributed by atoms with van der Waals surface area (Å²) in [7, 11) is 1.36. The van der Waals surface area contributed by atoms with E-state index >= 15 is 0 Å². The Balaban J connectivity index is 2.72. The Morgan fingerprint density at radius 1 is 1.35 bits per heavy atom. The van der Waals surface area contributed by atoms with E-state index in [0.717, 1.165) is 16.7 Å². The molecule has 0 aliphatic rings. The largest absolute Gasteiger partial charge is 0.481 e. The Labute approximate surface area is 100 Å². The van der Waals surface area contributed by atoms with Crippen LogP contribution in [0, 0.1) is 6.92 Å². The molecule has 0 aliphatic carbocycles. The van der Waals surface area contributed by atoms with Crippen LogP contribution in [0.2, 0.25) is 0 Å². The van der Waals surface area contributed by atoms with Crippen molar-refractivity contribution in [2.45, 2.75) is 26.2 Å². The van der Waals surface area contributed by atoms with E-state index < -0.39 is 5.97 Å². The van der Waals surface area contributed by atoms with Crippen molar-refractivity contribution in [3.63, 3.8) is 0 Å². The number of carbonyl (C=O) groups is 2. The molecule has 0 aromatic heterocycles. The summed E-state index contributed by atoms with van der Waals surface area (Å²) >= 11 is 0. The maximum Gasteiger partial charge on any atom is 0.309 e. The first kappa shape index (κ1) is 13.2. The summed E-state index contributed by atoms with van der Waals surface area (Å²) in [6.07, 6.45) is 0.881. The van der Waals surface area contributed by atoms with Crippen molar-refractivity contribution in [1.82, 2.24) is 0 Å². The summed E-state index contributed by atoms with van der Waals surface area (Å²) < 4.78 is 4.60. The number of rotatable bonds is 5. The summed E-state index contributed by atoms with van der Waals surface area (Å²) in [6.45, 7) is 1.91. The number of carboxylic acid groups (broad SMARTS) is 1. The van der Waals surface area contributed by atoms with Crippen molar-refractivity contribution in [1.29, 1.82) is 0 Å². The zero-order valence-corrected chi connectivity index (χ0v) is 10.0. The van der Waals surface area contributed by atoms with E-state index in [2.05, 4.69) is 4.74 Å². The first-order chi connectivity index (χ1) is 8.02. The topological polar surface area (TPSA) is 63.6 Å². The molecule has 0 radical (unpaired) electrons. The van der Waals surface area contributed by atoms with Gasteiger partial charge in [-0.3, -0.25) is 9.59 Å². The first-order valence-electron chi connectivity index (χ1n) is 5.40. The third-order valence-electron chi connectivity index (χ3n) is 2.60. The summed E-state index contributed by atoms with van der Waals surface area (Å²) in [5.41, 5.74) is 2.87. The lowest BCUT2D eigenvalue weighted by Gasteiger charge is -2.07. The van der Waals surface area contributed by atoms with Crippen LogP contribution in [0.1, 0.15) is 23.1 Å². The number of carbonyl (C=O) groups excluding carboxylic acids is 1. The van der Waals surface area contributed by atoms with Crippen LogP contribution in [-0.4, -0.2) is 24.2 Å². The number of aliphatic carboxylic acids is 1. The van der Waals surface area contributed by atoms with E-state index in [4.69, 9.17) is 5.11 Å². The van der Waals surface area contributed by atoms with Gasteiger partial charge in [-0.15, -0.1) is 0 Å². The van der Waals surface area contributed by atoms with E-state index in [1.165, 1.54) is 7.11 Å². The van der Waals surface area contributed by atoms with Crippen molar-refractivity contribution in [3.8, 4) is 0 Å². The molecule has 92 valence electrons. The van der Waals surface area contributed by atoms with Gasteiger partial charge < -0.3 is 9.84 Å². The minimum atomic E-state index is -0.804. The summed E-state index contributed by atoms with van der Waals surface area (Å²) in [5.74, 6) is -1.08. The molecule has 4 nitrogen and oxygen atoms in total. The van der Waals surface area contributed by atoms with Gasteiger partial charge >= 0.3 is 11.9 Å². The van der Waals surface area contributed by atoms with Crippen LogP contribution in [0.3, 0.4) is 0 Å². The van der Waals surface area contributed by atoms with Crippen LogP contribution in [0.4, 0.5) is 0 Å². The van der Waals surface area contributed by atoms with E-state index in [1.54, 1.807) is 0 Å². The Kier molecular flexibility index (Phi) is 4.69. The zero-order valence-electron chi connectivity index (χ0n) is 10.0. The molecule has 4 heteroatoms. The number of aryl methyl sites for hydroxylation is 2. The quantitative estimate of drug-likeness (QED) is 0.791. The third-order valence-corrected chi connectivity index (χ3v) is 2.60. The molecule has 1 rings (SSSR count). The fraction of sp³-hybridized carbons (Fsp3) is 0.385. The monoisotopic (exact) mass is 236 g/mol. The van der Waals surface area contributed by atoms with Crippen LogP contribution >= 0.6 is 0 Å². The highest BCUT2D eigenvalue weighted by Crippen LogP contribution is 2.13. The van der Waals surface area contributed by atoms with E-state index in [-0.39, 0.29) is 18.8 Å². The van der Waals surface area contributed by atoms with E-state index in [0.29, 0.717) is 6.42 Å². The van der Waals surface area contributed by atoms with Crippen LogP contribution in [0.5, 0.6) is 0 Å². The highest BCUT2D eigenvalue weighted by Gasteiger charge is 2.07. The first-order valence-corrected chi connectivity index (χ1v) is 5.40. The lowest BCUT2D eigenvalue weighted by atomic mass is 10.0.